The molecule has 0 saturated carbocycles. The van der Waals surface area contributed by atoms with E-state index >= 15 is 0 Å². The monoisotopic (exact) mass is 169 g/mol. The first-order chi connectivity index (χ1) is 5.38. The number of hydrogen-bond acceptors (Lipinski definition) is 2. The van der Waals surface area contributed by atoms with Crippen molar-refractivity contribution in [1.29, 1.82) is 0 Å². The van der Waals surface area contributed by atoms with Crippen LogP contribution in [0.15, 0.2) is 12.7 Å². The van der Waals surface area contributed by atoms with Crippen LogP contribution in [0.2, 0.25) is 6.32 Å². The molecule has 0 N–H and O–H groups in total. The van der Waals surface area contributed by atoms with Crippen LogP contribution >= 0.6 is 0 Å². The van der Waals surface area contributed by atoms with E-state index in [-0.39, 0.29) is 11.5 Å². The van der Waals surface area contributed by atoms with Gasteiger partial charge in [0.2, 0.25) is 0 Å². The summed E-state index contributed by atoms with van der Waals surface area (Å²) in [6, 6.07) is 0. The van der Waals surface area contributed by atoms with E-state index in [1.807, 2.05) is 6.92 Å². The topological polar surface area (TPSA) is 32.3 Å². The van der Waals surface area contributed by atoms with Crippen molar-refractivity contribution in [2.45, 2.75) is 40.1 Å². The molecule has 0 amide bonds. The van der Waals surface area contributed by atoms with E-state index in [2.05, 4.69) is 27.4 Å². The molecule has 0 aliphatic carbocycles. The minimum absolute atomic E-state index is 0.0139. The molecule has 0 heterocycles. The summed E-state index contributed by atoms with van der Waals surface area (Å²) in [6.45, 7) is 11.6. The van der Waals surface area contributed by atoms with E-state index < -0.39 is 7.12 Å². The third-order valence-electron chi connectivity index (χ3n) is 1.93. The normalized spacial score (nSPS) is 14.1. The molecular weight excluding hydrogens is 151 g/mol. The minimum atomic E-state index is -0.961. The van der Waals surface area contributed by atoms with Crippen molar-refractivity contribution in [2.24, 2.45) is 5.41 Å². The third kappa shape index (κ3) is 4.57. The molecule has 12 heavy (non-hydrogen) atoms. The molecule has 0 aliphatic heterocycles. The largest absolute Gasteiger partial charge is 0.856 e. The van der Waals surface area contributed by atoms with Crippen LogP contribution in [0.5, 0.6) is 0 Å². The van der Waals surface area contributed by atoms with E-state index in [1.165, 1.54) is 0 Å². The van der Waals surface area contributed by atoms with Crippen LogP contribution in [0.25, 0.3) is 0 Å². The summed E-state index contributed by atoms with van der Waals surface area (Å²) in [4.78, 5) is 0. The zero-order valence-corrected chi connectivity index (χ0v) is 8.46. The molecule has 0 aromatic carbocycles. The second kappa shape index (κ2) is 4.68. The average Bonchev–Trinajstić information content (AvgIpc) is 1.85. The van der Waals surface area contributed by atoms with Gasteiger partial charge in [-0.15, -0.1) is 6.58 Å². The third-order valence-corrected chi connectivity index (χ3v) is 1.93. The van der Waals surface area contributed by atoms with Crippen LogP contribution in [0.4, 0.5) is 0 Å². The van der Waals surface area contributed by atoms with Gasteiger partial charge in [-0.1, -0.05) is 26.8 Å². The SMILES string of the molecule is C=CCB([O-])OC(C)C(C)(C)C. The van der Waals surface area contributed by atoms with Gasteiger partial charge in [0.1, 0.15) is 0 Å². The summed E-state index contributed by atoms with van der Waals surface area (Å²) in [5.41, 5.74) is 0.0316. The smallest absolute Gasteiger partial charge is 0.187 e. The van der Waals surface area contributed by atoms with E-state index in [4.69, 9.17) is 4.65 Å². The van der Waals surface area contributed by atoms with Gasteiger partial charge in [-0.3, -0.25) is 0 Å². The van der Waals surface area contributed by atoms with E-state index in [0.717, 1.165) is 0 Å². The fourth-order valence-corrected chi connectivity index (χ4v) is 0.623. The summed E-state index contributed by atoms with van der Waals surface area (Å²) in [7, 11) is -0.961. The van der Waals surface area contributed by atoms with Crippen molar-refractivity contribution in [3.8, 4) is 0 Å². The molecule has 0 aliphatic rings. The molecule has 3 heteroatoms. The quantitative estimate of drug-likeness (QED) is 0.471. The lowest BCUT2D eigenvalue weighted by Crippen LogP contribution is -2.41. The van der Waals surface area contributed by atoms with Crippen molar-refractivity contribution in [1.82, 2.24) is 0 Å². The lowest BCUT2D eigenvalue weighted by Gasteiger charge is -2.33. The van der Waals surface area contributed by atoms with Gasteiger partial charge in [0.25, 0.3) is 0 Å². The minimum Gasteiger partial charge on any atom is -0.856 e. The van der Waals surface area contributed by atoms with Crippen LogP contribution in [0, 0.1) is 5.41 Å². The predicted octanol–water partition coefficient (Wildman–Crippen LogP) is 1.47. The maximum Gasteiger partial charge on any atom is 0.187 e. The van der Waals surface area contributed by atoms with Gasteiger partial charge < -0.3 is 9.68 Å². The Morgan fingerprint density at radius 3 is 2.42 bits per heavy atom. The standard InChI is InChI=1S/C9H18BO2/c1-6-7-10(11)12-8(2)9(3,4)5/h6,8H,1,7H2,2-5H3/q-1. The van der Waals surface area contributed by atoms with E-state index in [1.54, 1.807) is 6.08 Å². The highest BCUT2D eigenvalue weighted by Gasteiger charge is 2.20. The Bertz CT molecular complexity index is 140. The van der Waals surface area contributed by atoms with Gasteiger partial charge in [0.05, 0.1) is 0 Å². The Balaban J connectivity index is 3.83. The Kier molecular flexibility index (Phi) is 4.57. The molecule has 0 radical (unpaired) electrons. The van der Waals surface area contributed by atoms with Crippen molar-refractivity contribution < 1.29 is 9.68 Å². The van der Waals surface area contributed by atoms with Crippen LogP contribution in [0.1, 0.15) is 27.7 Å². The van der Waals surface area contributed by atoms with Gasteiger partial charge in [-0.25, -0.2) is 0 Å². The number of rotatable bonds is 4. The summed E-state index contributed by atoms with van der Waals surface area (Å²) in [6.07, 6.45) is 1.95. The van der Waals surface area contributed by atoms with Gasteiger partial charge in [0.15, 0.2) is 7.12 Å². The lowest BCUT2D eigenvalue weighted by molar-refractivity contribution is -0.229. The Hall–Kier alpha value is -0.275. The van der Waals surface area contributed by atoms with Crippen molar-refractivity contribution in [3.05, 3.63) is 12.7 Å². The highest BCUT2D eigenvalue weighted by atomic mass is 16.5. The van der Waals surface area contributed by atoms with Crippen molar-refractivity contribution in [3.63, 3.8) is 0 Å². The second-order valence-electron chi connectivity index (χ2n) is 4.10. The van der Waals surface area contributed by atoms with E-state index in [9.17, 15) is 5.02 Å². The van der Waals surface area contributed by atoms with Gasteiger partial charge in [-0.2, -0.15) is 0 Å². The van der Waals surface area contributed by atoms with Crippen molar-refractivity contribution >= 4 is 7.12 Å². The Labute approximate surface area is 75.8 Å². The predicted molar refractivity (Wildman–Crippen MR) is 50.8 cm³/mol. The summed E-state index contributed by atoms with van der Waals surface area (Å²) < 4.78 is 5.23. The first-order valence-corrected chi connectivity index (χ1v) is 4.30. The fourth-order valence-electron chi connectivity index (χ4n) is 0.623. The Morgan fingerprint density at radius 2 is 2.08 bits per heavy atom. The Morgan fingerprint density at radius 1 is 1.58 bits per heavy atom. The number of allylic oxidation sites excluding steroid dienone is 1. The molecule has 0 spiro atoms. The number of hydrogen-bond donors (Lipinski definition) is 0. The zero-order chi connectivity index (χ0) is 9.78. The van der Waals surface area contributed by atoms with Gasteiger partial charge >= 0.3 is 0 Å². The van der Waals surface area contributed by atoms with Crippen LogP contribution in [0.3, 0.4) is 0 Å². The first kappa shape index (κ1) is 11.7. The average molecular weight is 169 g/mol. The van der Waals surface area contributed by atoms with Gasteiger partial charge in [0, 0.05) is 6.10 Å². The fraction of sp³-hybridized carbons (Fsp3) is 0.778. The molecule has 0 aromatic rings. The van der Waals surface area contributed by atoms with Crippen LogP contribution < -0.4 is 5.02 Å². The lowest BCUT2D eigenvalue weighted by atomic mass is 9.82. The summed E-state index contributed by atoms with van der Waals surface area (Å²) >= 11 is 0. The van der Waals surface area contributed by atoms with Crippen molar-refractivity contribution in [2.75, 3.05) is 0 Å². The maximum absolute atomic E-state index is 11.1. The molecule has 0 aromatic heterocycles. The molecule has 0 saturated heterocycles. The molecule has 0 fully saturated rings. The highest BCUT2D eigenvalue weighted by molar-refractivity contribution is 6.41. The summed E-state index contributed by atoms with van der Waals surface area (Å²) in [5, 5.41) is 11.1. The second-order valence-corrected chi connectivity index (χ2v) is 4.10. The molecule has 0 rings (SSSR count). The zero-order valence-electron chi connectivity index (χ0n) is 8.46. The molecule has 70 valence electrons. The highest BCUT2D eigenvalue weighted by Crippen LogP contribution is 2.21. The molecule has 0 bridgehead atoms. The molecule has 2 nitrogen and oxygen atoms in total. The summed E-state index contributed by atoms with van der Waals surface area (Å²) in [5.74, 6) is 0. The van der Waals surface area contributed by atoms with Gasteiger partial charge in [-0.05, 0) is 18.7 Å². The first-order valence-electron chi connectivity index (χ1n) is 4.30. The maximum atomic E-state index is 11.1. The van der Waals surface area contributed by atoms with Crippen LogP contribution in [-0.2, 0) is 4.65 Å². The molecule has 1 atom stereocenters. The van der Waals surface area contributed by atoms with Crippen LogP contribution in [-0.4, -0.2) is 13.2 Å². The molecular formula is C9H18BO2-. The molecule has 1 unspecified atom stereocenters. The van der Waals surface area contributed by atoms with E-state index in [0.29, 0.717) is 6.32 Å².